The molecule has 0 aromatic rings. The van der Waals surface area contributed by atoms with Crippen molar-refractivity contribution in [2.75, 3.05) is 13.1 Å². The Labute approximate surface area is 77.1 Å². The third-order valence-electron chi connectivity index (χ3n) is 1.27. The number of amides is 1. The van der Waals surface area contributed by atoms with Crippen LogP contribution in [0.1, 0.15) is 19.8 Å². The molecule has 0 radical (unpaired) electrons. The monoisotopic (exact) mass is 180 g/mol. The number of azide groups is 1. The molecule has 0 unspecified atom stereocenters. The molecule has 0 aliphatic heterocycles. The fourth-order valence-corrected chi connectivity index (χ4v) is 0.712. The van der Waals surface area contributed by atoms with Crippen LogP contribution in [0.5, 0.6) is 0 Å². The Hall–Kier alpha value is -1.66. The smallest absolute Gasteiger partial charge is 0.295 e. The van der Waals surface area contributed by atoms with E-state index in [1.54, 1.807) is 6.92 Å². The Morgan fingerprint density at radius 1 is 1.62 bits per heavy atom. The first-order valence-electron chi connectivity index (χ1n) is 4.02. The zero-order valence-electron chi connectivity index (χ0n) is 7.58. The van der Waals surface area contributed by atoms with E-state index in [1.165, 1.54) is 0 Å². The number of carbonyl (C=O) groups excluding carboxylic acids is 1. The molecule has 0 aromatic carbocycles. The molecular weight excluding hydrogens is 168 g/mol. The Kier molecular flexibility index (Phi) is 7.36. The lowest BCUT2D eigenvalue weighted by Gasteiger charge is -1.97. The van der Waals surface area contributed by atoms with Gasteiger partial charge in [0.15, 0.2) is 0 Å². The van der Waals surface area contributed by atoms with Crippen LogP contribution >= 0.6 is 0 Å². The predicted molar refractivity (Wildman–Crippen MR) is 49.7 cm³/mol. The summed E-state index contributed by atoms with van der Waals surface area (Å²) in [7, 11) is 0. The van der Waals surface area contributed by atoms with E-state index in [1.807, 2.05) is 0 Å². The Bertz CT molecular complexity index is 257. The molecule has 0 saturated heterocycles. The van der Waals surface area contributed by atoms with E-state index in [0.29, 0.717) is 13.1 Å². The highest BCUT2D eigenvalue weighted by Crippen LogP contribution is 1.87. The number of rotatable bonds is 5. The highest BCUT2D eigenvalue weighted by molar-refractivity contribution is 5.93. The van der Waals surface area contributed by atoms with Gasteiger partial charge in [-0.1, -0.05) is 11.0 Å². The van der Waals surface area contributed by atoms with Gasteiger partial charge in [-0.25, -0.2) is 0 Å². The molecule has 0 heterocycles. The van der Waals surface area contributed by atoms with E-state index in [2.05, 4.69) is 27.2 Å². The second-order valence-electron chi connectivity index (χ2n) is 2.29. The molecule has 0 fully saturated rings. The molecule has 0 aliphatic rings. The molecule has 0 rings (SSSR count). The summed E-state index contributed by atoms with van der Waals surface area (Å²) in [5, 5.41) is 5.98. The summed E-state index contributed by atoms with van der Waals surface area (Å²) in [6.45, 7) is 2.67. The second kappa shape index (κ2) is 8.44. The van der Waals surface area contributed by atoms with Gasteiger partial charge in [0.1, 0.15) is 0 Å². The minimum atomic E-state index is -0.258. The Morgan fingerprint density at radius 3 is 3.00 bits per heavy atom. The van der Waals surface area contributed by atoms with Crippen LogP contribution in [0, 0.1) is 11.8 Å². The van der Waals surface area contributed by atoms with Crippen LogP contribution in [0.15, 0.2) is 5.11 Å². The number of carbonyl (C=O) groups is 1. The van der Waals surface area contributed by atoms with Gasteiger partial charge in [-0.3, -0.25) is 4.79 Å². The van der Waals surface area contributed by atoms with Crippen molar-refractivity contribution in [3.05, 3.63) is 10.4 Å². The SMILES string of the molecule is CC#CC(=O)NCCCCN=[N+]=[N-]. The molecule has 0 aliphatic carbocycles. The summed E-state index contributed by atoms with van der Waals surface area (Å²) in [6.07, 6.45) is 1.58. The van der Waals surface area contributed by atoms with Gasteiger partial charge in [0.25, 0.3) is 5.91 Å². The van der Waals surface area contributed by atoms with Gasteiger partial charge in [0, 0.05) is 18.0 Å². The molecule has 13 heavy (non-hydrogen) atoms. The van der Waals surface area contributed by atoms with Crippen LogP contribution in [-0.2, 0) is 4.79 Å². The van der Waals surface area contributed by atoms with Crippen molar-refractivity contribution in [1.29, 1.82) is 0 Å². The first-order chi connectivity index (χ1) is 6.31. The molecule has 0 atom stereocenters. The van der Waals surface area contributed by atoms with Gasteiger partial charge in [0.05, 0.1) is 0 Å². The largest absolute Gasteiger partial charge is 0.345 e. The predicted octanol–water partition coefficient (Wildman–Crippen LogP) is 1.22. The standard InChI is InChI=1S/C8H12N4O/c1-2-5-8(13)10-6-3-4-7-11-12-9/h3-4,6-7H2,1H3,(H,10,13). The molecule has 5 heteroatoms. The lowest BCUT2D eigenvalue weighted by molar-refractivity contribution is -0.115. The molecule has 0 aromatic heterocycles. The van der Waals surface area contributed by atoms with Gasteiger partial charge < -0.3 is 5.32 Å². The lowest BCUT2D eigenvalue weighted by Crippen LogP contribution is -2.22. The van der Waals surface area contributed by atoms with Crippen LogP contribution in [0.25, 0.3) is 10.4 Å². The maximum atomic E-state index is 10.8. The summed E-state index contributed by atoms with van der Waals surface area (Å²) in [6, 6.07) is 0. The molecule has 0 saturated carbocycles. The van der Waals surface area contributed by atoms with Crippen molar-refractivity contribution >= 4 is 5.91 Å². The fourth-order valence-electron chi connectivity index (χ4n) is 0.712. The molecule has 5 nitrogen and oxygen atoms in total. The number of nitrogens with one attached hydrogen (secondary N) is 1. The van der Waals surface area contributed by atoms with E-state index < -0.39 is 0 Å². The molecule has 0 bridgehead atoms. The van der Waals surface area contributed by atoms with Crippen LogP contribution in [0.4, 0.5) is 0 Å². The summed E-state index contributed by atoms with van der Waals surface area (Å²) in [5.74, 6) is 4.61. The van der Waals surface area contributed by atoms with Gasteiger partial charge in [-0.2, -0.15) is 0 Å². The third-order valence-corrected chi connectivity index (χ3v) is 1.27. The maximum Gasteiger partial charge on any atom is 0.295 e. The topological polar surface area (TPSA) is 77.9 Å². The Balaban J connectivity index is 3.28. The van der Waals surface area contributed by atoms with Crippen LogP contribution in [0.3, 0.4) is 0 Å². The van der Waals surface area contributed by atoms with Crippen LogP contribution < -0.4 is 5.32 Å². The van der Waals surface area contributed by atoms with Crippen molar-refractivity contribution in [3.63, 3.8) is 0 Å². The zero-order valence-corrected chi connectivity index (χ0v) is 7.58. The van der Waals surface area contributed by atoms with E-state index >= 15 is 0 Å². The summed E-state index contributed by atoms with van der Waals surface area (Å²) in [4.78, 5) is 13.4. The minimum Gasteiger partial charge on any atom is -0.345 e. The van der Waals surface area contributed by atoms with Gasteiger partial charge in [-0.15, -0.1) is 0 Å². The van der Waals surface area contributed by atoms with Crippen molar-refractivity contribution in [2.24, 2.45) is 5.11 Å². The van der Waals surface area contributed by atoms with Gasteiger partial charge >= 0.3 is 0 Å². The van der Waals surface area contributed by atoms with Crippen molar-refractivity contribution in [3.8, 4) is 11.8 Å². The molecule has 70 valence electrons. The lowest BCUT2D eigenvalue weighted by atomic mass is 10.3. The highest BCUT2D eigenvalue weighted by atomic mass is 16.1. The average Bonchev–Trinajstić information content (AvgIpc) is 2.11. The molecule has 1 N–H and O–H groups in total. The number of unbranched alkanes of at least 4 members (excludes halogenated alkanes) is 1. The van der Waals surface area contributed by atoms with Gasteiger partial charge in [0.2, 0.25) is 0 Å². The average molecular weight is 180 g/mol. The number of nitrogens with zero attached hydrogens (tertiary/aromatic N) is 3. The highest BCUT2D eigenvalue weighted by Gasteiger charge is 1.92. The first kappa shape index (κ1) is 11.3. The van der Waals surface area contributed by atoms with E-state index in [0.717, 1.165) is 12.8 Å². The first-order valence-corrected chi connectivity index (χ1v) is 4.02. The second-order valence-corrected chi connectivity index (χ2v) is 2.29. The van der Waals surface area contributed by atoms with E-state index in [-0.39, 0.29) is 5.91 Å². The summed E-state index contributed by atoms with van der Waals surface area (Å²) >= 11 is 0. The van der Waals surface area contributed by atoms with Crippen molar-refractivity contribution < 1.29 is 4.79 Å². The van der Waals surface area contributed by atoms with Crippen LogP contribution in [-0.4, -0.2) is 19.0 Å². The number of hydrogen-bond acceptors (Lipinski definition) is 2. The van der Waals surface area contributed by atoms with E-state index in [9.17, 15) is 4.79 Å². The molecule has 1 amide bonds. The fraction of sp³-hybridized carbons (Fsp3) is 0.625. The summed E-state index contributed by atoms with van der Waals surface area (Å²) in [5.41, 5.74) is 7.95. The third kappa shape index (κ3) is 8.24. The van der Waals surface area contributed by atoms with Crippen LogP contribution in [0.2, 0.25) is 0 Å². The van der Waals surface area contributed by atoms with Crippen molar-refractivity contribution in [1.82, 2.24) is 5.32 Å². The Morgan fingerprint density at radius 2 is 2.38 bits per heavy atom. The van der Waals surface area contributed by atoms with Gasteiger partial charge in [-0.05, 0) is 31.2 Å². The quantitative estimate of drug-likeness (QED) is 0.223. The normalized spacial score (nSPS) is 7.77. The number of hydrogen-bond donors (Lipinski definition) is 1. The van der Waals surface area contributed by atoms with Crippen molar-refractivity contribution in [2.45, 2.75) is 19.8 Å². The van der Waals surface area contributed by atoms with E-state index in [4.69, 9.17) is 5.53 Å². The maximum absolute atomic E-state index is 10.8. The zero-order chi connectivity index (χ0) is 9.94. The molecule has 0 spiro atoms. The summed E-state index contributed by atoms with van der Waals surface area (Å²) < 4.78 is 0. The molecular formula is C8H12N4O. The minimum absolute atomic E-state index is 0.258.